The smallest absolute Gasteiger partial charge is 0.272 e. The molecule has 2 aromatic rings. The first-order valence-corrected chi connectivity index (χ1v) is 10.6. The Labute approximate surface area is 192 Å². The van der Waals surface area contributed by atoms with Crippen LogP contribution in [0.1, 0.15) is 22.3 Å². The van der Waals surface area contributed by atoms with E-state index in [1.807, 2.05) is 12.2 Å². The van der Waals surface area contributed by atoms with E-state index < -0.39 is 39.4 Å². The summed E-state index contributed by atoms with van der Waals surface area (Å²) >= 11 is 0. The van der Waals surface area contributed by atoms with E-state index >= 15 is 0 Å². The topological polar surface area (TPSA) is 144 Å². The molecule has 1 aliphatic heterocycles. The van der Waals surface area contributed by atoms with Crippen molar-refractivity contribution in [3.63, 3.8) is 0 Å². The first-order valence-electron chi connectivity index (χ1n) is 10.6. The average Bonchev–Trinajstić information content (AvgIpc) is 3.51. The molecule has 1 saturated carbocycles. The number of hydrazine groups is 1. The summed E-state index contributed by atoms with van der Waals surface area (Å²) < 4.78 is 0. The van der Waals surface area contributed by atoms with Crippen LogP contribution in [0.2, 0.25) is 0 Å². The maximum absolute atomic E-state index is 13.5. The molecule has 0 unspecified atom stereocenters. The number of imide groups is 1. The monoisotopic (exact) mass is 462 g/mol. The van der Waals surface area contributed by atoms with E-state index in [0.29, 0.717) is 5.56 Å². The van der Waals surface area contributed by atoms with Crippen LogP contribution < -0.4 is 0 Å². The van der Waals surface area contributed by atoms with Crippen LogP contribution in [0.25, 0.3) is 0 Å². The first kappa shape index (κ1) is 21.4. The molecule has 172 valence electrons. The van der Waals surface area contributed by atoms with E-state index in [-0.39, 0.29) is 35.3 Å². The standard InChI is InChI=1S/C23H18N4O7/c28-21(14-5-9-18(10-6-14)27(33)34)24(12-13-1-7-17(8-2-13)26(31)32)25-22(29)19-15-3-4-16(11-15)20(19)23(25)30/h1-10,15-16,19-20H,11-12H2/t15-,16-,19-,20+/m0/s1. The quantitative estimate of drug-likeness (QED) is 0.278. The Balaban J connectivity index is 1.50. The number of benzene rings is 2. The third-order valence-corrected chi connectivity index (χ3v) is 6.73. The Bertz CT molecular complexity index is 1230. The number of allylic oxidation sites excluding steroid dienone is 2. The zero-order valence-corrected chi connectivity index (χ0v) is 17.6. The highest BCUT2D eigenvalue weighted by Crippen LogP contribution is 2.52. The highest BCUT2D eigenvalue weighted by Gasteiger charge is 2.61. The van der Waals surface area contributed by atoms with Crippen LogP contribution in [0.5, 0.6) is 0 Å². The number of carbonyl (C=O) groups is 3. The van der Waals surface area contributed by atoms with E-state index in [1.165, 1.54) is 48.5 Å². The summed E-state index contributed by atoms with van der Waals surface area (Å²) in [6, 6.07) is 10.3. The van der Waals surface area contributed by atoms with Gasteiger partial charge in [0.15, 0.2) is 0 Å². The SMILES string of the molecule is O=C(c1ccc([N+](=O)[O-])cc1)N(Cc1ccc([N+](=O)[O-])cc1)N1C(=O)[C@@H]2[C@H](C1=O)[C@H]1C=C[C@H]2C1. The molecule has 2 bridgehead atoms. The number of nitro groups is 2. The summed E-state index contributed by atoms with van der Waals surface area (Å²) in [4.78, 5) is 60.9. The third-order valence-electron chi connectivity index (χ3n) is 6.73. The van der Waals surface area contributed by atoms with Gasteiger partial charge in [0.1, 0.15) is 0 Å². The van der Waals surface area contributed by atoms with Crippen molar-refractivity contribution in [3.05, 3.63) is 92.0 Å². The normalized spacial score (nSPS) is 24.4. The lowest BCUT2D eigenvalue weighted by molar-refractivity contribution is -0.385. The highest BCUT2D eigenvalue weighted by molar-refractivity contribution is 6.08. The van der Waals surface area contributed by atoms with E-state index in [0.717, 1.165) is 16.4 Å². The van der Waals surface area contributed by atoms with Crippen LogP contribution >= 0.6 is 0 Å². The van der Waals surface area contributed by atoms with Crippen molar-refractivity contribution in [1.82, 2.24) is 10.0 Å². The van der Waals surface area contributed by atoms with E-state index in [4.69, 9.17) is 0 Å². The molecule has 4 atom stereocenters. The van der Waals surface area contributed by atoms with Gasteiger partial charge in [0.2, 0.25) is 0 Å². The molecular formula is C23H18N4O7. The summed E-state index contributed by atoms with van der Waals surface area (Å²) in [6.45, 7) is -0.187. The van der Waals surface area contributed by atoms with Crippen LogP contribution in [0, 0.1) is 43.9 Å². The Morgan fingerprint density at radius 1 is 0.853 bits per heavy atom. The summed E-state index contributed by atoms with van der Waals surface area (Å²) in [5.41, 5.74) is 0.192. The molecule has 11 nitrogen and oxygen atoms in total. The molecular weight excluding hydrogens is 444 g/mol. The molecule has 5 rings (SSSR count). The number of fused-ring (bicyclic) bond motifs is 5. The van der Waals surface area contributed by atoms with Gasteiger partial charge in [-0.1, -0.05) is 24.3 Å². The molecule has 3 amide bonds. The second-order valence-electron chi connectivity index (χ2n) is 8.58. The third kappa shape index (κ3) is 3.33. The number of carbonyl (C=O) groups excluding carboxylic acids is 3. The van der Waals surface area contributed by atoms with Gasteiger partial charge in [-0.15, -0.1) is 0 Å². The van der Waals surface area contributed by atoms with Crippen molar-refractivity contribution in [2.75, 3.05) is 0 Å². The number of non-ortho nitro benzene ring substituents is 2. The fraction of sp³-hybridized carbons (Fsp3) is 0.261. The second-order valence-corrected chi connectivity index (χ2v) is 8.58. The molecule has 1 saturated heterocycles. The fourth-order valence-corrected chi connectivity index (χ4v) is 5.13. The molecule has 1 heterocycles. The van der Waals surface area contributed by atoms with Crippen LogP contribution in [-0.4, -0.2) is 37.6 Å². The lowest BCUT2D eigenvalue weighted by atomic mass is 9.85. The van der Waals surface area contributed by atoms with Crippen LogP contribution in [0.15, 0.2) is 60.7 Å². The maximum atomic E-state index is 13.5. The van der Waals surface area contributed by atoms with Crippen LogP contribution in [-0.2, 0) is 16.1 Å². The Morgan fingerprint density at radius 3 is 1.79 bits per heavy atom. The molecule has 2 fully saturated rings. The molecule has 3 aliphatic rings. The second kappa shape index (κ2) is 7.87. The molecule has 2 aromatic carbocycles. The van der Waals surface area contributed by atoms with Gasteiger partial charge in [0.05, 0.1) is 28.2 Å². The summed E-state index contributed by atoms with van der Waals surface area (Å²) in [5, 5.41) is 23.9. The Morgan fingerprint density at radius 2 is 1.32 bits per heavy atom. The number of nitro benzene ring substituents is 2. The molecule has 11 heteroatoms. The lowest BCUT2D eigenvalue weighted by Gasteiger charge is -2.31. The fourth-order valence-electron chi connectivity index (χ4n) is 5.13. The van der Waals surface area contributed by atoms with Crippen molar-refractivity contribution in [2.24, 2.45) is 23.7 Å². The van der Waals surface area contributed by atoms with Gasteiger partial charge in [-0.2, -0.15) is 5.01 Å². The minimum atomic E-state index is -0.685. The first-order chi connectivity index (χ1) is 16.3. The van der Waals surface area contributed by atoms with Crippen molar-refractivity contribution >= 4 is 29.1 Å². The van der Waals surface area contributed by atoms with Crippen LogP contribution in [0.3, 0.4) is 0 Å². The highest BCUT2D eigenvalue weighted by atomic mass is 16.6. The van der Waals surface area contributed by atoms with Gasteiger partial charge in [-0.25, -0.2) is 5.01 Å². The summed E-state index contributed by atoms with van der Waals surface area (Å²) in [5.74, 6) is -2.74. The lowest BCUT2D eigenvalue weighted by Crippen LogP contribution is -2.50. The average molecular weight is 462 g/mol. The Hall–Kier alpha value is -4.41. The predicted molar refractivity (Wildman–Crippen MR) is 116 cm³/mol. The van der Waals surface area contributed by atoms with Gasteiger partial charge in [-0.3, -0.25) is 34.6 Å². The number of rotatable bonds is 6. The van der Waals surface area contributed by atoms with Gasteiger partial charge < -0.3 is 0 Å². The zero-order chi connectivity index (χ0) is 24.1. The minimum absolute atomic E-state index is 0.0489. The van der Waals surface area contributed by atoms with Crippen molar-refractivity contribution in [1.29, 1.82) is 0 Å². The molecule has 0 aromatic heterocycles. The minimum Gasteiger partial charge on any atom is -0.272 e. The number of nitrogens with zero attached hydrogens (tertiary/aromatic N) is 4. The summed E-state index contributed by atoms with van der Waals surface area (Å²) in [7, 11) is 0. The summed E-state index contributed by atoms with van der Waals surface area (Å²) in [6.07, 6.45) is 4.62. The van der Waals surface area contributed by atoms with Crippen molar-refractivity contribution < 1.29 is 24.2 Å². The number of amides is 3. The Kier molecular flexibility index (Phi) is 4.96. The van der Waals surface area contributed by atoms with Crippen molar-refractivity contribution in [2.45, 2.75) is 13.0 Å². The van der Waals surface area contributed by atoms with Crippen LogP contribution in [0.4, 0.5) is 11.4 Å². The number of hydrogen-bond acceptors (Lipinski definition) is 7. The zero-order valence-electron chi connectivity index (χ0n) is 17.6. The molecule has 0 spiro atoms. The van der Waals surface area contributed by atoms with E-state index in [1.54, 1.807) is 0 Å². The molecule has 34 heavy (non-hydrogen) atoms. The molecule has 0 N–H and O–H groups in total. The van der Waals surface area contributed by atoms with Gasteiger partial charge in [-0.05, 0) is 36.0 Å². The largest absolute Gasteiger partial charge is 0.273 e. The van der Waals surface area contributed by atoms with E-state index in [2.05, 4.69) is 0 Å². The maximum Gasteiger partial charge on any atom is 0.273 e. The van der Waals surface area contributed by atoms with Gasteiger partial charge in [0.25, 0.3) is 29.1 Å². The van der Waals surface area contributed by atoms with Gasteiger partial charge in [0, 0.05) is 29.8 Å². The van der Waals surface area contributed by atoms with Crippen molar-refractivity contribution in [3.8, 4) is 0 Å². The van der Waals surface area contributed by atoms with Gasteiger partial charge >= 0.3 is 0 Å². The van der Waals surface area contributed by atoms with E-state index in [9.17, 15) is 34.6 Å². The number of hydrogen-bond donors (Lipinski definition) is 0. The predicted octanol–water partition coefficient (Wildman–Crippen LogP) is 2.87. The molecule has 2 aliphatic carbocycles. The molecule has 0 radical (unpaired) electrons.